The molecule has 2 aromatic carbocycles. The number of ether oxygens (including phenoxy) is 2. The maximum absolute atomic E-state index is 12.6. The first-order valence-corrected chi connectivity index (χ1v) is 10.2. The van der Waals surface area contributed by atoms with Crippen molar-refractivity contribution in [2.75, 3.05) is 20.2 Å². The third-order valence-corrected chi connectivity index (χ3v) is 6.20. The molecular formula is C20H23NO6S. The third kappa shape index (κ3) is 4.96. The molecule has 28 heavy (non-hydrogen) atoms. The largest absolute Gasteiger partial charge is 0.465 e. The van der Waals surface area contributed by atoms with Crippen LogP contribution in [0.1, 0.15) is 40.1 Å². The number of carbonyl (C=O) groups is 2. The van der Waals surface area contributed by atoms with Gasteiger partial charge in [0.05, 0.1) is 23.1 Å². The standard InChI is InChI=1S/C20H23NO6S/c1-4-21(5-2)28(24,25)18-8-6-7-17(13-18)20(23)27-14-15-9-11-16(12-10-15)19(22)26-3/h6-13H,4-5,14H2,1-3H3. The number of carbonyl (C=O) groups excluding carboxylic acids is 2. The summed E-state index contributed by atoms with van der Waals surface area (Å²) in [5.41, 5.74) is 1.24. The summed E-state index contributed by atoms with van der Waals surface area (Å²) < 4.78 is 36.4. The molecule has 0 N–H and O–H groups in total. The van der Waals surface area contributed by atoms with Crippen molar-refractivity contribution in [1.82, 2.24) is 4.31 Å². The second-order valence-electron chi connectivity index (χ2n) is 5.88. The van der Waals surface area contributed by atoms with Crippen LogP contribution < -0.4 is 0 Å². The van der Waals surface area contributed by atoms with Crippen molar-refractivity contribution in [2.24, 2.45) is 0 Å². The summed E-state index contributed by atoms with van der Waals surface area (Å²) in [6.45, 7) is 4.19. The van der Waals surface area contributed by atoms with E-state index in [9.17, 15) is 18.0 Å². The van der Waals surface area contributed by atoms with Crippen molar-refractivity contribution in [3.8, 4) is 0 Å². The first kappa shape index (κ1) is 21.6. The average molecular weight is 405 g/mol. The van der Waals surface area contributed by atoms with Crippen LogP contribution in [-0.4, -0.2) is 44.9 Å². The van der Waals surface area contributed by atoms with Crippen LogP contribution in [0.4, 0.5) is 0 Å². The van der Waals surface area contributed by atoms with E-state index in [1.54, 1.807) is 38.1 Å². The summed E-state index contributed by atoms with van der Waals surface area (Å²) in [6, 6.07) is 12.2. The first-order valence-electron chi connectivity index (χ1n) is 8.78. The van der Waals surface area contributed by atoms with E-state index in [0.717, 1.165) is 0 Å². The molecule has 0 aliphatic rings. The number of benzene rings is 2. The summed E-state index contributed by atoms with van der Waals surface area (Å²) >= 11 is 0. The monoisotopic (exact) mass is 405 g/mol. The Hall–Kier alpha value is -2.71. The molecule has 2 rings (SSSR count). The molecule has 0 saturated heterocycles. The van der Waals surface area contributed by atoms with Crippen LogP contribution in [0, 0.1) is 0 Å². The molecule has 0 aromatic heterocycles. The second-order valence-corrected chi connectivity index (χ2v) is 7.82. The zero-order valence-corrected chi connectivity index (χ0v) is 16.9. The smallest absolute Gasteiger partial charge is 0.338 e. The molecule has 0 bridgehead atoms. The highest BCUT2D eigenvalue weighted by atomic mass is 32.2. The molecule has 0 amide bonds. The molecule has 0 aliphatic carbocycles. The molecule has 0 heterocycles. The molecule has 0 atom stereocenters. The van der Waals surface area contributed by atoms with Crippen molar-refractivity contribution in [1.29, 1.82) is 0 Å². The van der Waals surface area contributed by atoms with Gasteiger partial charge in [0, 0.05) is 13.1 Å². The Labute approximate surface area is 164 Å². The number of sulfonamides is 1. The van der Waals surface area contributed by atoms with Crippen LogP contribution in [0.15, 0.2) is 53.4 Å². The number of methoxy groups -OCH3 is 1. The van der Waals surface area contributed by atoms with E-state index in [0.29, 0.717) is 24.2 Å². The van der Waals surface area contributed by atoms with Gasteiger partial charge in [0.1, 0.15) is 6.61 Å². The zero-order valence-electron chi connectivity index (χ0n) is 16.0. The minimum atomic E-state index is -3.66. The van der Waals surface area contributed by atoms with Gasteiger partial charge in [0.15, 0.2) is 0 Å². The Morgan fingerprint density at radius 3 is 2.14 bits per heavy atom. The molecule has 0 aliphatic heterocycles. The van der Waals surface area contributed by atoms with Crippen LogP contribution in [0.2, 0.25) is 0 Å². The molecule has 0 spiro atoms. The van der Waals surface area contributed by atoms with Gasteiger partial charge < -0.3 is 9.47 Å². The Balaban J connectivity index is 2.10. The van der Waals surface area contributed by atoms with Crippen molar-refractivity contribution in [2.45, 2.75) is 25.3 Å². The average Bonchev–Trinajstić information content (AvgIpc) is 2.72. The molecule has 0 unspecified atom stereocenters. The lowest BCUT2D eigenvalue weighted by Crippen LogP contribution is -2.30. The quantitative estimate of drug-likeness (QED) is 0.628. The highest BCUT2D eigenvalue weighted by Crippen LogP contribution is 2.18. The molecule has 7 nitrogen and oxygen atoms in total. The summed E-state index contributed by atoms with van der Waals surface area (Å²) in [5.74, 6) is -1.08. The van der Waals surface area contributed by atoms with E-state index >= 15 is 0 Å². The zero-order chi connectivity index (χ0) is 20.7. The van der Waals surface area contributed by atoms with E-state index in [-0.39, 0.29) is 17.1 Å². The van der Waals surface area contributed by atoms with Gasteiger partial charge in [-0.1, -0.05) is 32.0 Å². The van der Waals surface area contributed by atoms with Crippen molar-refractivity contribution in [3.05, 3.63) is 65.2 Å². The normalized spacial score (nSPS) is 11.3. The Morgan fingerprint density at radius 2 is 1.57 bits per heavy atom. The van der Waals surface area contributed by atoms with Gasteiger partial charge in [-0.05, 0) is 35.9 Å². The predicted molar refractivity (Wildman–Crippen MR) is 103 cm³/mol. The van der Waals surface area contributed by atoms with Gasteiger partial charge in [-0.3, -0.25) is 0 Å². The molecule has 0 fully saturated rings. The first-order chi connectivity index (χ1) is 13.3. The number of nitrogens with zero attached hydrogens (tertiary/aromatic N) is 1. The van der Waals surface area contributed by atoms with Gasteiger partial charge in [0.2, 0.25) is 10.0 Å². The minimum absolute atomic E-state index is 0.00664. The van der Waals surface area contributed by atoms with Gasteiger partial charge in [0.25, 0.3) is 0 Å². The van der Waals surface area contributed by atoms with E-state index in [1.165, 1.54) is 35.7 Å². The van der Waals surface area contributed by atoms with E-state index in [1.807, 2.05) is 0 Å². The lowest BCUT2D eigenvalue weighted by molar-refractivity contribution is 0.0471. The minimum Gasteiger partial charge on any atom is -0.465 e. The van der Waals surface area contributed by atoms with Crippen LogP contribution in [-0.2, 0) is 26.1 Å². The topological polar surface area (TPSA) is 90.0 Å². The molecule has 150 valence electrons. The van der Waals surface area contributed by atoms with Crippen LogP contribution in [0.5, 0.6) is 0 Å². The molecule has 8 heteroatoms. The van der Waals surface area contributed by atoms with Crippen molar-refractivity contribution >= 4 is 22.0 Å². The highest BCUT2D eigenvalue weighted by molar-refractivity contribution is 7.89. The molecule has 0 radical (unpaired) electrons. The fraction of sp³-hybridized carbons (Fsp3) is 0.300. The Morgan fingerprint density at radius 1 is 0.929 bits per heavy atom. The van der Waals surface area contributed by atoms with Gasteiger partial charge in [-0.25, -0.2) is 18.0 Å². The predicted octanol–water partition coefficient (Wildman–Crippen LogP) is 2.86. The van der Waals surface area contributed by atoms with Crippen LogP contribution in [0.3, 0.4) is 0 Å². The van der Waals surface area contributed by atoms with Crippen molar-refractivity contribution in [3.63, 3.8) is 0 Å². The fourth-order valence-corrected chi connectivity index (χ4v) is 4.09. The Bertz CT molecular complexity index is 933. The summed E-state index contributed by atoms with van der Waals surface area (Å²) in [6.07, 6.45) is 0. The number of rotatable bonds is 8. The van der Waals surface area contributed by atoms with E-state index in [4.69, 9.17) is 4.74 Å². The van der Waals surface area contributed by atoms with Crippen LogP contribution in [0.25, 0.3) is 0 Å². The second kappa shape index (κ2) is 9.48. The van der Waals surface area contributed by atoms with E-state index in [2.05, 4.69) is 4.74 Å². The van der Waals surface area contributed by atoms with E-state index < -0.39 is 22.0 Å². The van der Waals surface area contributed by atoms with Crippen molar-refractivity contribution < 1.29 is 27.5 Å². The van der Waals surface area contributed by atoms with Gasteiger partial charge in [-0.2, -0.15) is 4.31 Å². The maximum Gasteiger partial charge on any atom is 0.338 e. The molecule has 0 saturated carbocycles. The Kier molecular flexibility index (Phi) is 7.31. The number of hydrogen-bond donors (Lipinski definition) is 0. The lowest BCUT2D eigenvalue weighted by atomic mass is 10.1. The van der Waals surface area contributed by atoms with Gasteiger partial charge in [-0.15, -0.1) is 0 Å². The number of hydrogen-bond acceptors (Lipinski definition) is 6. The molecular weight excluding hydrogens is 382 g/mol. The summed E-state index contributed by atoms with van der Waals surface area (Å²) in [7, 11) is -2.36. The maximum atomic E-state index is 12.6. The van der Waals surface area contributed by atoms with Crippen LogP contribution >= 0.6 is 0 Å². The SMILES string of the molecule is CCN(CC)S(=O)(=O)c1cccc(C(=O)OCc2ccc(C(=O)OC)cc2)c1. The fourth-order valence-electron chi connectivity index (χ4n) is 2.58. The molecule has 2 aromatic rings. The summed E-state index contributed by atoms with van der Waals surface area (Å²) in [4.78, 5) is 23.8. The third-order valence-electron chi connectivity index (χ3n) is 4.16. The highest BCUT2D eigenvalue weighted by Gasteiger charge is 2.22. The van der Waals surface area contributed by atoms with Gasteiger partial charge >= 0.3 is 11.9 Å². The summed E-state index contributed by atoms with van der Waals surface area (Å²) in [5, 5.41) is 0. The number of esters is 2. The lowest BCUT2D eigenvalue weighted by Gasteiger charge is -2.18.